The van der Waals surface area contributed by atoms with Crippen molar-refractivity contribution in [3.8, 4) is 0 Å². The van der Waals surface area contributed by atoms with Crippen LogP contribution in [0.5, 0.6) is 0 Å². The third-order valence-corrected chi connectivity index (χ3v) is 6.36. The maximum absolute atomic E-state index is 12.8. The monoisotopic (exact) mass is 488 g/mol. The average Bonchev–Trinajstić information content (AvgIpc) is 3.10. The Labute approximate surface area is 198 Å². The maximum Gasteiger partial charge on any atom is 0.416 e. The fraction of sp³-hybridized carbons (Fsp3) is 0.333. The van der Waals surface area contributed by atoms with Gasteiger partial charge in [-0.15, -0.1) is 0 Å². The summed E-state index contributed by atoms with van der Waals surface area (Å²) < 4.78 is 38.2. The van der Waals surface area contributed by atoms with E-state index < -0.39 is 29.2 Å². The Balaban J connectivity index is 1.35. The number of likely N-dealkylation sites (tertiary alicyclic amines) is 1. The van der Waals surface area contributed by atoms with Crippen molar-refractivity contribution in [1.29, 1.82) is 0 Å². The Morgan fingerprint density at radius 1 is 1.06 bits per heavy atom. The lowest BCUT2D eigenvalue weighted by atomic mass is 9.91. The summed E-state index contributed by atoms with van der Waals surface area (Å²) >= 11 is 0. The second kappa shape index (κ2) is 9.05. The minimum absolute atomic E-state index is 0.161. The summed E-state index contributed by atoms with van der Waals surface area (Å²) in [6.07, 6.45) is -3.68. The Bertz CT molecular complexity index is 1170. The highest BCUT2D eigenvalue weighted by Gasteiger charge is 2.43. The SMILES string of the molecule is CC1(c2cccc(NC(=O)C3CCN(C(=O)c4ccc(C(F)(F)F)cc4)CC3)c2)NC(=O)NC1=O. The first-order valence-corrected chi connectivity index (χ1v) is 11.0. The Kier molecular flexibility index (Phi) is 6.27. The van der Waals surface area contributed by atoms with Gasteiger partial charge in [0.05, 0.1) is 5.56 Å². The van der Waals surface area contributed by atoms with Crippen molar-refractivity contribution >= 4 is 29.4 Å². The van der Waals surface area contributed by atoms with Gasteiger partial charge in [0.1, 0.15) is 5.54 Å². The predicted octanol–water partition coefficient (Wildman–Crippen LogP) is 3.25. The third kappa shape index (κ3) is 4.98. The molecule has 0 saturated carbocycles. The Morgan fingerprint density at radius 2 is 1.71 bits per heavy atom. The van der Waals surface area contributed by atoms with Crippen LogP contribution in [0.1, 0.15) is 41.3 Å². The first kappa shape index (κ1) is 24.2. The van der Waals surface area contributed by atoms with Gasteiger partial charge in [-0.1, -0.05) is 12.1 Å². The van der Waals surface area contributed by atoms with Crippen LogP contribution < -0.4 is 16.0 Å². The zero-order valence-corrected chi connectivity index (χ0v) is 18.7. The molecule has 2 aliphatic rings. The smallest absolute Gasteiger partial charge is 0.339 e. The second-order valence-corrected chi connectivity index (χ2v) is 8.74. The van der Waals surface area contributed by atoms with Crippen molar-refractivity contribution in [3.63, 3.8) is 0 Å². The van der Waals surface area contributed by atoms with Crippen molar-refractivity contribution < 1.29 is 32.3 Å². The van der Waals surface area contributed by atoms with E-state index in [4.69, 9.17) is 0 Å². The Morgan fingerprint density at radius 3 is 2.29 bits per heavy atom. The fourth-order valence-corrected chi connectivity index (χ4v) is 4.23. The number of rotatable bonds is 4. The molecule has 35 heavy (non-hydrogen) atoms. The molecule has 1 unspecified atom stereocenters. The van der Waals surface area contributed by atoms with Crippen molar-refractivity contribution in [2.45, 2.75) is 31.5 Å². The number of piperidine rings is 1. The standard InChI is InChI=1S/C24H23F3N4O4/c1-23(21(34)29-22(35)30-23)17-3-2-4-18(13-17)28-19(32)14-9-11-31(12-10-14)20(33)15-5-7-16(8-6-15)24(25,26)27/h2-8,13-14H,9-12H2,1H3,(H,28,32)(H2,29,30,34,35). The summed E-state index contributed by atoms with van der Waals surface area (Å²) in [4.78, 5) is 50.7. The molecule has 0 aromatic heterocycles. The number of halogens is 3. The van der Waals surface area contributed by atoms with Gasteiger partial charge in [-0.3, -0.25) is 19.7 Å². The molecule has 2 saturated heterocycles. The normalized spacial score (nSPS) is 20.9. The van der Waals surface area contributed by atoms with E-state index >= 15 is 0 Å². The largest absolute Gasteiger partial charge is 0.416 e. The predicted molar refractivity (Wildman–Crippen MR) is 119 cm³/mol. The summed E-state index contributed by atoms with van der Waals surface area (Å²) in [5.41, 5.74) is -0.934. The van der Waals surface area contributed by atoms with Crippen molar-refractivity contribution in [2.75, 3.05) is 18.4 Å². The number of urea groups is 1. The van der Waals surface area contributed by atoms with E-state index in [9.17, 15) is 32.3 Å². The van der Waals surface area contributed by atoms with Crippen molar-refractivity contribution in [3.05, 3.63) is 65.2 Å². The molecule has 5 amide bonds. The van der Waals surface area contributed by atoms with Gasteiger partial charge >= 0.3 is 12.2 Å². The number of nitrogens with one attached hydrogen (secondary N) is 3. The number of anilines is 1. The van der Waals surface area contributed by atoms with E-state index in [1.807, 2.05) is 0 Å². The zero-order valence-electron chi connectivity index (χ0n) is 18.7. The van der Waals surface area contributed by atoms with Gasteiger partial charge in [0.2, 0.25) is 5.91 Å². The molecule has 4 rings (SSSR count). The summed E-state index contributed by atoms with van der Waals surface area (Å²) in [6, 6.07) is 10.1. The number of hydrogen-bond acceptors (Lipinski definition) is 4. The van der Waals surface area contributed by atoms with Crippen molar-refractivity contribution in [1.82, 2.24) is 15.5 Å². The molecule has 3 N–H and O–H groups in total. The molecule has 11 heteroatoms. The van der Waals surface area contributed by atoms with Crippen LogP contribution >= 0.6 is 0 Å². The molecule has 0 radical (unpaired) electrons. The Hall–Kier alpha value is -3.89. The molecule has 2 aliphatic heterocycles. The van der Waals surface area contributed by atoms with E-state index in [2.05, 4.69) is 16.0 Å². The number of benzene rings is 2. The van der Waals surface area contributed by atoms with E-state index in [0.717, 1.165) is 24.3 Å². The minimum atomic E-state index is -4.47. The van der Waals surface area contributed by atoms with Crippen LogP contribution in [-0.4, -0.2) is 41.7 Å². The second-order valence-electron chi connectivity index (χ2n) is 8.74. The van der Waals surface area contributed by atoms with Gasteiger partial charge < -0.3 is 15.5 Å². The number of imide groups is 1. The molecule has 2 fully saturated rings. The highest BCUT2D eigenvalue weighted by Crippen LogP contribution is 2.30. The van der Waals surface area contributed by atoms with Crippen LogP contribution in [0.15, 0.2) is 48.5 Å². The molecule has 8 nitrogen and oxygen atoms in total. The van der Waals surface area contributed by atoms with Crippen LogP contribution in [0.3, 0.4) is 0 Å². The lowest BCUT2D eigenvalue weighted by Gasteiger charge is -2.31. The number of amides is 5. The van der Waals surface area contributed by atoms with Gasteiger partial charge in [-0.2, -0.15) is 13.2 Å². The number of carbonyl (C=O) groups is 4. The van der Waals surface area contributed by atoms with Gasteiger partial charge in [0.15, 0.2) is 0 Å². The molecule has 1 atom stereocenters. The van der Waals surface area contributed by atoms with E-state index in [-0.39, 0.29) is 23.3 Å². The summed E-state index contributed by atoms with van der Waals surface area (Å²) in [7, 11) is 0. The molecular weight excluding hydrogens is 465 g/mol. The highest BCUT2D eigenvalue weighted by molar-refractivity contribution is 6.07. The topological polar surface area (TPSA) is 108 Å². The molecule has 0 bridgehead atoms. The number of carbonyl (C=O) groups excluding carboxylic acids is 4. The van der Waals surface area contributed by atoms with E-state index in [0.29, 0.717) is 37.2 Å². The highest BCUT2D eigenvalue weighted by atomic mass is 19.4. The first-order chi connectivity index (χ1) is 16.5. The molecule has 2 aromatic carbocycles. The quantitative estimate of drug-likeness (QED) is 0.575. The van der Waals surface area contributed by atoms with Gasteiger partial charge in [-0.05, 0) is 61.7 Å². The zero-order chi connectivity index (χ0) is 25.4. The van der Waals surface area contributed by atoms with Crippen LogP contribution in [0.25, 0.3) is 0 Å². The van der Waals surface area contributed by atoms with Crippen LogP contribution in [0.4, 0.5) is 23.7 Å². The summed E-state index contributed by atoms with van der Waals surface area (Å²) in [5, 5.41) is 7.59. The minimum Gasteiger partial charge on any atom is -0.339 e. The lowest BCUT2D eigenvalue weighted by molar-refractivity contribution is -0.137. The average molecular weight is 488 g/mol. The molecular formula is C24H23F3N4O4. The van der Waals surface area contributed by atoms with Crippen LogP contribution in [0.2, 0.25) is 0 Å². The summed E-state index contributed by atoms with van der Waals surface area (Å²) in [5.74, 6) is -1.47. The summed E-state index contributed by atoms with van der Waals surface area (Å²) in [6.45, 7) is 2.15. The fourth-order valence-electron chi connectivity index (χ4n) is 4.23. The van der Waals surface area contributed by atoms with Gasteiger partial charge in [0.25, 0.3) is 11.8 Å². The molecule has 0 spiro atoms. The lowest BCUT2D eigenvalue weighted by Crippen LogP contribution is -2.41. The molecule has 0 aliphatic carbocycles. The van der Waals surface area contributed by atoms with Crippen LogP contribution in [-0.2, 0) is 21.3 Å². The molecule has 184 valence electrons. The molecule has 2 aromatic rings. The van der Waals surface area contributed by atoms with Crippen LogP contribution in [0, 0.1) is 5.92 Å². The van der Waals surface area contributed by atoms with Gasteiger partial charge in [-0.25, -0.2) is 4.79 Å². The number of alkyl halides is 3. The third-order valence-electron chi connectivity index (χ3n) is 6.36. The first-order valence-electron chi connectivity index (χ1n) is 11.0. The van der Waals surface area contributed by atoms with Crippen molar-refractivity contribution in [2.24, 2.45) is 5.92 Å². The molecule has 2 heterocycles. The number of hydrogen-bond donors (Lipinski definition) is 3. The maximum atomic E-state index is 12.8. The number of nitrogens with zero attached hydrogens (tertiary/aromatic N) is 1. The van der Waals surface area contributed by atoms with E-state index in [1.54, 1.807) is 31.2 Å². The van der Waals surface area contributed by atoms with E-state index in [1.165, 1.54) is 4.90 Å². The van der Waals surface area contributed by atoms with Gasteiger partial charge in [0, 0.05) is 30.3 Å².